The first-order valence-corrected chi connectivity index (χ1v) is 5.93. The van der Waals surface area contributed by atoms with E-state index in [1.165, 1.54) is 28.9 Å². The predicted molar refractivity (Wildman–Crippen MR) is 70.0 cm³/mol. The van der Waals surface area contributed by atoms with Gasteiger partial charge in [-0.05, 0) is 18.6 Å². The second kappa shape index (κ2) is 5.19. The van der Waals surface area contributed by atoms with Crippen molar-refractivity contribution in [2.24, 2.45) is 0 Å². The van der Waals surface area contributed by atoms with Crippen LogP contribution in [-0.2, 0) is 6.42 Å². The highest BCUT2D eigenvalue weighted by molar-refractivity contribution is 6.32. The van der Waals surface area contributed by atoms with Gasteiger partial charge in [-0.2, -0.15) is 5.10 Å². The van der Waals surface area contributed by atoms with Crippen LogP contribution in [0.4, 0.5) is 5.69 Å². The lowest BCUT2D eigenvalue weighted by atomic mass is 10.2. The summed E-state index contributed by atoms with van der Waals surface area (Å²) < 4.78 is 1.40. The molecule has 0 bridgehead atoms. The van der Waals surface area contributed by atoms with Crippen LogP contribution in [0, 0.1) is 10.1 Å². The third-order valence-electron chi connectivity index (χ3n) is 2.70. The first kappa shape index (κ1) is 13.2. The highest BCUT2D eigenvalue weighted by Crippen LogP contribution is 2.24. The Morgan fingerprint density at radius 1 is 1.42 bits per heavy atom. The molecule has 1 aromatic heterocycles. The largest absolute Gasteiger partial charge is 0.298 e. The molecule has 0 radical (unpaired) electrons. The van der Waals surface area contributed by atoms with Crippen LogP contribution in [-0.4, -0.2) is 21.0 Å². The average Bonchev–Trinajstić information content (AvgIpc) is 2.75. The lowest BCUT2D eigenvalue weighted by Gasteiger charge is -2.02. The Balaban J connectivity index is 2.50. The van der Waals surface area contributed by atoms with E-state index in [4.69, 9.17) is 11.6 Å². The van der Waals surface area contributed by atoms with Crippen LogP contribution >= 0.6 is 11.6 Å². The molecular formula is C12H10ClN3O3. The summed E-state index contributed by atoms with van der Waals surface area (Å²) in [5, 5.41) is 15.0. The minimum Gasteiger partial charge on any atom is -0.298 e. The van der Waals surface area contributed by atoms with Crippen LogP contribution in [0.2, 0.25) is 5.15 Å². The van der Waals surface area contributed by atoms with Crippen LogP contribution in [0.1, 0.15) is 23.0 Å². The fourth-order valence-electron chi connectivity index (χ4n) is 1.72. The van der Waals surface area contributed by atoms with E-state index in [0.717, 1.165) is 0 Å². The van der Waals surface area contributed by atoms with Gasteiger partial charge in [0.25, 0.3) is 5.69 Å². The van der Waals surface area contributed by atoms with Gasteiger partial charge < -0.3 is 0 Å². The van der Waals surface area contributed by atoms with Crippen molar-refractivity contribution in [3.8, 4) is 5.69 Å². The Bertz CT molecular complexity index is 634. The topological polar surface area (TPSA) is 78.0 Å². The smallest absolute Gasteiger partial charge is 0.269 e. The molecule has 0 aliphatic carbocycles. The molecule has 0 saturated heterocycles. The fourth-order valence-corrected chi connectivity index (χ4v) is 2.01. The molecule has 19 heavy (non-hydrogen) atoms. The first-order chi connectivity index (χ1) is 9.08. The van der Waals surface area contributed by atoms with Crippen molar-refractivity contribution in [3.05, 3.63) is 50.8 Å². The van der Waals surface area contributed by atoms with Crippen LogP contribution < -0.4 is 0 Å². The third kappa shape index (κ3) is 2.34. The number of non-ortho nitro benzene ring substituents is 1. The van der Waals surface area contributed by atoms with Crippen LogP contribution in [0.3, 0.4) is 0 Å². The van der Waals surface area contributed by atoms with Crippen molar-refractivity contribution in [3.63, 3.8) is 0 Å². The number of benzene rings is 1. The molecule has 6 nitrogen and oxygen atoms in total. The quantitative estimate of drug-likeness (QED) is 0.490. The van der Waals surface area contributed by atoms with Crippen molar-refractivity contribution in [2.45, 2.75) is 13.3 Å². The number of hydrogen-bond acceptors (Lipinski definition) is 4. The van der Waals surface area contributed by atoms with E-state index in [1.807, 2.05) is 6.92 Å². The summed E-state index contributed by atoms with van der Waals surface area (Å²) in [5.41, 5.74) is 1.50. The molecule has 98 valence electrons. The van der Waals surface area contributed by atoms with E-state index in [9.17, 15) is 14.9 Å². The second-order valence-electron chi connectivity index (χ2n) is 3.81. The van der Waals surface area contributed by atoms with E-state index in [-0.39, 0.29) is 10.8 Å². The summed E-state index contributed by atoms with van der Waals surface area (Å²) in [4.78, 5) is 21.1. The highest BCUT2D eigenvalue weighted by atomic mass is 35.5. The summed E-state index contributed by atoms with van der Waals surface area (Å²) in [7, 11) is 0. The number of nitrogens with zero attached hydrogens (tertiary/aromatic N) is 3. The van der Waals surface area contributed by atoms with Crippen molar-refractivity contribution >= 4 is 23.6 Å². The number of carbonyl (C=O) groups is 1. The monoisotopic (exact) mass is 279 g/mol. The molecule has 0 unspecified atom stereocenters. The van der Waals surface area contributed by atoms with Gasteiger partial charge in [-0.15, -0.1) is 0 Å². The number of nitro benzene ring substituents is 1. The molecule has 0 amide bonds. The van der Waals surface area contributed by atoms with Crippen molar-refractivity contribution < 1.29 is 9.72 Å². The molecule has 7 heteroatoms. The minimum absolute atomic E-state index is 0.0154. The van der Waals surface area contributed by atoms with Crippen LogP contribution in [0.15, 0.2) is 24.3 Å². The first-order valence-electron chi connectivity index (χ1n) is 5.55. The maximum absolute atomic E-state index is 11.0. The van der Waals surface area contributed by atoms with E-state index >= 15 is 0 Å². The second-order valence-corrected chi connectivity index (χ2v) is 4.17. The molecule has 2 aromatic rings. The van der Waals surface area contributed by atoms with Crippen molar-refractivity contribution in [1.82, 2.24) is 9.78 Å². The average molecular weight is 280 g/mol. The Hall–Kier alpha value is -2.21. The standard InChI is InChI=1S/C12H10ClN3O3/c1-2-11-10(7-17)12(13)15(14-11)8-3-5-9(6-4-8)16(18)19/h3-7H,2H2,1H3. The maximum atomic E-state index is 11.0. The zero-order valence-electron chi connectivity index (χ0n) is 10.0. The zero-order valence-corrected chi connectivity index (χ0v) is 10.8. The van der Waals surface area contributed by atoms with Gasteiger partial charge in [0.2, 0.25) is 0 Å². The third-order valence-corrected chi connectivity index (χ3v) is 3.06. The molecular weight excluding hydrogens is 270 g/mol. The van der Waals surface area contributed by atoms with Crippen molar-refractivity contribution in [2.75, 3.05) is 0 Å². The number of aromatic nitrogens is 2. The number of aldehydes is 1. The van der Waals surface area contributed by atoms with E-state index in [2.05, 4.69) is 5.10 Å². The Morgan fingerprint density at radius 3 is 2.47 bits per heavy atom. The summed E-state index contributed by atoms with van der Waals surface area (Å²) in [6.45, 7) is 1.87. The van der Waals surface area contributed by atoms with Gasteiger partial charge >= 0.3 is 0 Å². The Labute approximate surface area is 113 Å². The lowest BCUT2D eigenvalue weighted by Crippen LogP contribution is -1.97. The number of aryl methyl sites for hydroxylation is 1. The van der Waals surface area contributed by atoms with Gasteiger partial charge in [-0.3, -0.25) is 14.9 Å². The number of carbonyl (C=O) groups excluding carboxylic acids is 1. The van der Waals surface area contributed by atoms with Gasteiger partial charge in [0.15, 0.2) is 6.29 Å². The number of nitro groups is 1. The lowest BCUT2D eigenvalue weighted by molar-refractivity contribution is -0.384. The predicted octanol–water partition coefficient (Wildman–Crippen LogP) is 2.81. The van der Waals surface area contributed by atoms with E-state index in [1.54, 1.807) is 0 Å². The maximum Gasteiger partial charge on any atom is 0.269 e. The van der Waals surface area contributed by atoms with Gasteiger partial charge in [0.05, 0.1) is 21.9 Å². The zero-order chi connectivity index (χ0) is 14.0. The molecule has 0 aliphatic rings. The molecule has 0 fully saturated rings. The molecule has 1 aromatic carbocycles. The minimum atomic E-state index is -0.483. The number of halogens is 1. The summed E-state index contributed by atoms with van der Waals surface area (Å²) in [6.07, 6.45) is 1.24. The van der Waals surface area contributed by atoms with Crippen molar-refractivity contribution in [1.29, 1.82) is 0 Å². The molecule has 0 N–H and O–H groups in total. The summed E-state index contributed by atoms with van der Waals surface area (Å²) >= 11 is 6.08. The highest BCUT2D eigenvalue weighted by Gasteiger charge is 2.16. The van der Waals surface area contributed by atoms with Gasteiger partial charge in [-0.25, -0.2) is 4.68 Å². The molecule has 0 spiro atoms. The van der Waals surface area contributed by atoms with E-state index < -0.39 is 4.92 Å². The molecule has 0 atom stereocenters. The fraction of sp³-hybridized carbons (Fsp3) is 0.167. The number of hydrogen-bond donors (Lipinski definition) is 0. The van der Waals surface area contributed by atoms with Gasteiger partial charge in [0.1, 0.15) is 5.15 Å². The Morgan fingerprint density at radius 2 is 2.05 bits per heavy atom. The van der Waals surface area contributed by atoms with E-state index in [0.29, 0.717) is 29.7 Å². The molecule has 0 aliphatic heterocycles. The summed E-state index contributed by atoms with van der Waals surface area (Å²) in [5.74, 6) is 0. The number of rotatable bonds is 4. The van der Waals surface area contributed by atoms with Gasteiger partial charge in [0, 0.05) is 12.1 Å². The normalized spacial score (nSPS) is 10.4. The SMILES string of the molecule is CCc1nn(-c2ccc([N+](=O)[O-])cc2)c(Cl)c1C=O. The molecule has 2 rings (SSSR count). The summed E-state index contributed by atoms with van der Waals surface area (Å²) in [6, 6.07) is 5.79. The van der Waals surface area contributed by atoms with Gasteiger partial charge in [-0.1, -0.05) is 18.5 Å². The van der Waals surface area contributed by atoms with Crippen LogP contribution in [0.25, 0.3) is 5.69 Å². The Kier molecular flexibility index (Phi) is 3.62. The molecule has 1 heterocycles. The molecule has 0 saturated carbocycles. The van der Waals surface area contributed by atoms with Crippen LogP contribution in [0.5, 0.6) is 0 Å².